The second kappa shape index (κ2) is 10.2. The molecule has 0 atom stereocenters. The molecular formula is C30H38N2O4. The number of carbonyl (C=O) groups is 2. The second-order valence-electron chi connectivity index (χ2n) is 10.4. The summed E-state index contributed by atoms with van der Waals surface area (Å²) in [4.78, 5) is 28.2. The zero-order chi connectivity index (χ0) is 25.4. The average Bonchev–Trinajstić information content (AvgIpc) is 2.89. The fourth-order valence-corrected chi connectivity index (χ4v) is 6.47. The van der Waals surface area contributed by atoms with E-state index < -0.39 is 0 Å². The van der Waals surface area contributed by atoms with Gasteiger partial charge in [-0.25, -0.2) is 0 Å². The molecule has 5 rings (SSSR count). The maximum absolute atomic E-state index is 13.3. The number of nitrogens with one attached hydrogen (secondary N) is 1. The summed E-state index contributed by atoms with van der Waals surface area (Å²) in [6.45, 7) is 10.6. The SMILES string of the molecule is CCOC(=O)Cc1c(C)c2c(c(C)c1-c1ccc3c(c1C)NCCO3)CN(C1CCCCC1)C(=O)C2. The Morgan fingerprint density at radius 1 is 1.08 bits per heavy atom. The first-order chi connectivity index (χ1) is 17.4. The molecule has 0 spiro atoms. The van der Waals surface area contributed by atoms with Crippen LogP contribution in [0.2, 0.25) is 0 Å². The van der Waals surface area contributed by atoms with Gasteiger partial charge in [0, 0.05) is 19.1 Å². The molecule has 1 saturated carbocycles. The molecule has 0 unspecified atom stereocenters. The van der Waals surface area contributed by atoms with E-state index in [1.165, 1.54) is 30.4 Å². The monoisotopic (exact) mass is 490 g/mol. The molecule has 3 aliphatic rings. The number of hydrogen-bond donors (Lipinski definition) is 1. The van der Waals surface area contributed by atoms with Crippen molar-refractivity contribution < 1.29 is 19.1 Å². The van der Waals surface area contributed by atoms with Gasteiger partial charge >= 0.3 is 5.97 Å². The summed E-state index contributed by atoms with van der Waals surface area (Å²) in [7, 11) is 0. The van der Waals surface area contributed by atoms with Gasteiger partial charge in [-0.05, 0) is 91.1 Å². The number of rotatable bonds is 5. The molecule has 192 valence electrons. The molecule has 0 aromatic heterocycles. The number of ether oxygens (including phenoxy) is 2. The smallest absolute Gasteiger partial charge is 0.310 e. The lowest BCUT2D eigenvalue weighted by Crippen LogP contribution is -2.45. The molecule has 2 aliphatic heterocycles. The van der Waals surface area contributed by atoms with Crippen LogP contribution in [-0.4, -0.2) is 42.6 Å². The lowest BCUT2D eigenvalue weighted by molar-refractivity contribution is -0.142. The third-order valence-electron chi connectivity index (χ3n) is 8.38. The van der Waals surface area contributed by atoms with Gasteiger partial charge in [0.1, 0.15) is 12.4 Å². The van der Waals surface area contributed by atoms with Crippen LogP contribution >= 0.6 is 0 Å². The number of nitrogens with zero attached hydrogens (tertiary/aromatic N) is 1. The predicted molar refractivity (Wildman–Crippen MR) is 142 cm³/mol. The number of benzene rings is 2. The first-order valence-electron chi connectivity index (χ1n) is 13.5. The van der Waals surface area contributed by atoms with Crippen molar-refractivity contribution in [1.82, 2.24) is 4.90 Å². The van der Waals surface area contributed by atoms with E-state index in [-0.39, 0.29) is 18.3 Å². The van der Waals surface area contributed by atoms with Crippen molar-refractivity contribution in [3.05, 3.63) is 45.5 Å². The van der Waals surface area contributed by atoms with Gasteiger partial charge in [-0.3, -0.25) is 9.59 Å². The number of esters is 1. The number of carbonyl (C=O) groups excluding carboxylic acids is 2. The summed E-state index contributed by atoms with van der Waals surface area (Å²) >= 11 is 0. The zero-order valence-electron chi connectivity index (χ0n) is 22.1. The Bertz CT molecular complexity index is 1200. The van der Waals surface area contributed by atoms with Gasteiger partial charge in [0.25, 0.3) is 0 Å². The van der Waals surface area contributed by atoms with Crippen LogP contribution in [0.1, 0.15) is 72.4 Å². The maximum atomic E-state index is 13.3. The molecule has 6 heteroatoms. The van der Waals surface area contributed by atoms with Crippen LogP contribution in [-0.2, 0) is 33.7 Å². The van der Waals surface area contributed by atoms with E-state index in [0.29, 0.717) is 32.2 Å². The van der Waals surface area contributed by atoms with Crippen LogP contribution < -0.4 is 10.1 Å². The molecule has 0 bridgehead atoms. The topological polar surface area (TPSA) is 67.9 Å². The van der Waals surface area contributed by atoms with Crippen LogP contribution in [0.3, 0.4) is 0 Å². The highest BCUT2D eigenvalue weighted by Crippen LogP contribution is 2.44. The summed E-state index contributed by atoms with van der Waals surface area (Å²) < 4.78 is 11.2. The number of hydrogen-bond acceptors (Lipinski definition) is 5. The minimum Gasteiger partial charge on any atom is -0.490 e. The Morgan fingerprint density at radius 3 is 2.61 bits per heavy atom. The normalized spacial score (nSPS) is 17.7. The van der Waals surface area contributed by atoms with E-state index in [4.69, 9.17) is 9.47 Å². The zero-order valence-corrected chi connectivity index (χ0v) is 22.1. The molecule has 1 aliphatic carbocycles. The maximum Gasteiger partial charge on any atom is 0.310 e. The third kappa shape index (κ3) is 4.35. The molecule has 1 amide bonds. The highest BCUT2D eigenvalue weighted by molar-refractivity contribution is 5.89. The minimum absolute atomic E-state index is 0.199. The first kappa shape index (κ1) is 24.7. The Morgan fingerprint density at radius 2 is 1.86 bits per heavy atom. The van der Waals surface area contributed by atoms with E-state index in [0.717, 1.165) is 64.2 Å². The minimum atomic E-state index is -0.232. The number of amides is 1. The van der Waals surface area contributed by atoms with Crippen molar-refractivity contribution in [3.63, 3.8) is 0 Å². The summed E-state index contributed by atoms with van der Waals surface area (Å²) in [5.41, 5.74) is 9.90. The number of anilines is 1. The summed E-state index contributed by atoms with van der Waals surface area (Å²) in [6.07, 6.45) is 6.48. The van der Waals surface area contributed by atoms with Gasteiger partial charge < -0.3 is 19.7 Å². The number of fused-ring (bicyclic) bond motifs is 2. The lowest BCUT2D eigenvalue weighted by Gasteiger charge is -2.39. The van der Waals surface area contributed by atoms with Crippen molar-refractivity contribution in [2.75, 3.05) is 25.1 Å². The Labute approximate surface area is 214 Å². The van der Waals surface area contributed by atoms with Crippen LogP contribution in [0.4, 0.5) is 5.69 Å². The van der Waals surface area contributed by atoms with E-state index in [9.17, 15) is 9.59 Å². The Hall–Kier alpha value is -3.02. The standard InChI is InChI=1S/C30H38N2O4/c1-5-35-28(34)16-24-18(2)23-15-27(33)32(21-9-7-6-8-10-21)17-25(23)19(3)29(24)22-11-12-26-30(20(22)4)31-13-14-36-26/h11-12,21,31H,5-10,13-17H2,1-4H3. The predicted octanol–water partition coefficient (Wildman–Crippen LogP) is 5.41. The summed E-state index contributed by atoms with van der Waals surface area (Å²) in [5.74, 6) is 0.859. The van der Waals surface area contributed by atoms with Crippen LogP contribution in [0.25, 0.3) is 11.1 Å². The van der Waals surface area contributed by atoms with Crippen molar-refractivity contribution in [2.45, 2.75) is 85.2 Å². The molecule has 2 aromatic rings. The Balaban J connectivity index is 1.66. The summed E-state index contributed by atoms with van der Waals surface area (Å²) in [5, 5.41) is 3.50. The lowest BCUT2D eigenvalue weighted by atomic mass is 9.79. The van der Waals surface area contributed by atoms with Crippen LogP contribution in [0.5, 0.6) is 5.75 Å². The van der Waals surface area contributed by atoms with E-state index in [1.807, 2.05) is 13.0 Å². The van der Waals surface area contributed by atoms with Crippen molar-refractivity contribution >= 4 is 17.6 Å². The third-order valence-corrected chi connectivity index (χ3v) is 8.38. The van der Waals surface area contributed by atoms with Crippen molar-refractivity contribution in [2.24, 2.45) is 0 Å². The van der Waals surface area contributed by atoms with E-state index in [2.05, 4.69) is 37.1 Å². The van der Waals surface area contributed by atoms with Crippen molar-refractivity contribution in [1.29, 1.82) is 0 Å². The van der Waals surface area contributed by atoms with Crippen molar-refractivity contribution in [3.8, 4) is 16.9 Å². The van der Waals surface area contributed by atoms with Gasteiger partial charge in [-0.1, -0.05) is 25.3 Å². The van der Waals surface area contributed by atoms with Crippen LogP contribution in [0.15, 0.2) is 12.1 Å². The fraction of sp³-hybridized carbons (Fsp3) is 0.533. The molecule has 2 aromatic carbocycles. The highest BCUT2D eigenvalue weighted by Gasteiger charge is 2.34. The molecule has 6 nitrogen and oxygen atoms in total. The molecule has 36 heavy (non-hydrogen) atoms. The van der Waals surface area contributed by atoms with E-state index >= 15 is 0 Å². The van der Waals surface area contributed by atoms with Gasteiger partial charge in [0.15, 0.2) is 0 Å². The average molecular weight is 491 g/mol. The quantitative estimate of drug-likeness (QED) is 0.568. The first-order valence-corrected chi connectivity index (χ1v) is 13.5. The highest BCUT2D eigenvalue weighted by atomic mass is 16.5. The van der Waals surface area contributed by atoms with Gasteiger partial charge in [-0.15, -0.1) is 0 Å². The summed E-state index contributed by atoms with van der Waals surface area (Å²) in [6, 6.07) is 4.49. The van der Waals surface area contributed by atoms with Gasteiger partial charge in [-0.2, -0.15) is 0 Å². The molecule has 0 radical (unpaired) electrons. The Kier molecular flexibility index (Phi) is 6.96. The molecule has 1 N–H and O–H groups in total. The van der Waals surface area contributed by atoms with Crippen LogP contribution in [0, 0.1) is 20.8 Å². The molecule has 1 fully saturated rings. The van der Waals surface area contributed by atoms with E-state index in [1.54, 1.807) is 0 Å². The second-order valence-corrected chi connectivity index (χ2v) is 10.4. The molecule has 2 heterocycles. The van der Waals surface area contributed by atoms with Gasteiger partial charge in [0.2, 0.25) is 5.91 Å². The fourth-order valence-electron chi connectivity index (χ4n) is 6.47. The molecule has 0 saturated heterocycles. The largest absolute Gasteiger partial charge is 0.490 e. The van der Waals surface area contributed by atoms with Gasteiger partial charge in [0.05, 0.1) is 25.1 Å². The molecular weight excluding hydrogens is 452 g/mol.